The number of anilines is 2. The number of fused-ring (bicyclic) bond motifs is 1. The number of nitrogens with one attached hydrogen (secondary N) is 1. The Kier molecular flexibility index (Phi) is 6.28. The summed E-state index contributed by atoms with van der Waals surface area (Å²) in [6.45, 7) is 0. The molecule has 0 unspecified atom stereocenters. The number of amides is 3. The molecule has 1 aliphatic heterocycles. The number of hydrogen-bond acceptors (Lipinski definition) is 6. The zero-order chi connectivity index (χ0) is 27.0. The van der Waals surface area contributed by atoms with Crippen LogP contribution in [0.1, 0.15) is 47.0 Å². The van der Waals surface area contributed by atoms with Crippen LogP contribution in [0.4, 0.5) is 17.1 Å². The quantitative estimate of drug-likeness (QED) is 0.152. The topological polar surface area (TPSA) is 127 Å². The van der Waals surface area contributed by atoms with Gasteiger partial charge in [-0.3, -0.25) is 29.3 Å². The number of halogens is 1. The van der Waals surface area contributed by atoms with Gasteiger partial charge in [-0.05, 0) is 78.9 Å². The monoisotopic (exact) mass is 525 g/mol. The lowest BCUT2D eigenvalue weighted by atomic mass is 10.0. The number of non-ortho nitro benzene ring substituents is 1. The summed E-state index contributed by atoms with van der Waals surface area (Å²) in [7, 11) is 0. The molecule has 0 spiro atoms. The number of carbonyl (C=O) groups is 4. The van der Waals surface area contributed by atoms with Crippen molar-refractivity contribution >= 4 is 52.2 Å². The second-order valence-corrected chi connectivity index (χ2v) is 8.78. The van der Waals surface area contributed by atoms with Crippen molar-refractivity contribution in [3.8, 4) is 0 Å². The minimum atomic E-state index is -0.576. The Labute approximate surface area is 220 Å². The molecule has 0 radical (unpaired) electrons. The van der Waals surface area contributed by atoms with Gasteiger partial charge in [-0.1, -0.05) is 11.6 Å². The first-order valence-corrected chi connectivity index (χ1v) is 11.6. The number of benzene rings is 4. The Morgan fingerprint density at radius 1 is 0.737 bits per heavy atom. The maximum absolute atomic E-state index is 13.1. The van der Waals surface area contributed by atoms with Crippen LogP contribution in [-0.2, 0) is 0 Å². The Hall–Kier alpha value is -5.15. The van der Waals surface area contributed by atoms with Crippen LogP contribution in [0.25, 0.3) is 0 Å². The van der Waals surface area contributed by atoms with Gasteiger partial charge in [-0.25, -0.2) is 4.90 Å². The van der Waals surface area contributed by atoms with Crippen LogP contribution in [0.2, 0.25) is 5.02 Å². The van der Waals surface area contributed by atoms with Crippen LogP contribution in [-0.4, -0.2) is 28.4 Å². The molecular formula is C28H16ClN3O6. The summed E-state index contributed by atoms with van der Waals surface area (Å²) >= 11 is 5.88. The van der Waals surface area contributed by atoms with Gasteiger partial charge >= 0.3 is 0 Å². The van der Waals surface area contributed by atoms with Crippen molar-refractivity contribution in [2.75, 3.05) is 10.2 Å². The summed E-state index contributed by atoms with van der Waals surface area (Å²) in [6.07, 6.45) is 0. The lowest BCUT2D eigenvalue weighted by Crippen LogP contribution is -2.29. The van der Waals surface area contributed by atoms with Crippen LogP contribution >= 0.6 is 11.6 Å². The number of nitro benzene ring substituents is 1. The molecule has 0 atom stereocenters. The fraction of sp³-hybridized carbons (Fsp3) is 0. The number of carbonyl (C=O) groups excluding carboxylic acids is 4. The smallest absolute Gasteiger partial charge is 0.269 e. The Morgan fingerprint density at radius 2 is 1.29 bits per heavy atom. The van der Waals surface area contributed by atoms with Crippen molar-refractivity contribution in [2.24, 2.45) is 0 Å². The molecule has 0 fully saturated rings. The number of nitro groups is 1. The van der Waals surface area contributed by atoms with Gasteiger partial charge in [-0.15, -0.1) is 0 Å². The maximum Gasteiger partial charge on any atom is 0.269 e. The molecule has 0 aromatic heterocycles. The molecule has 1 aliphatic rings. The van der Waals surface area contributed by atoms with E-state index in [4.69, 9.17) is 11.6 Å². The molecule has 3 amide bonds. The molecule has 1 heterocycles. The van der Waals surface area contributed by atoms with Crippen LogP contribution in [0.3, 0.4) is 0 Å². The van der Waals surface area contributed by atoms with Crippen LogP contribution in [0, 0.1) is 10.1 Å². The summed E-state index contributed by atoms with van der Waals surface area (Å²) in [5.41, 5.74) is 1.72. The molecule has 0 saturated heterocycles. The minimum absolute atomic E-state index is 0.109. The normalized spacial score (nSPS) is 12.3. The van der Waals surface area contributed by atoms with Crippen LogP contribution in [0.15, 0.2) is 91.0 Å². The molecule has 0 aliphatic carbocycles. The average molecular weight is 526 g/mol. The van der Waals surface area contributed by atoms with E-state index >= 15 is 0 Å². The van der Waals surface area contributed by atoms with Gasteiger partial charge in [0.25, 0.3) is 23.4 Å². The van der Waals surface area contributed by atoms with E-state index in [0.717, 1.165) is 4.90 Å². The van der Waals surface area contributed by atoms with Gasteiger partial charge in [0.1, 0.15) is 0 Å². The zero-order valence-corrected chi connectivity index (χ0v) is 20.1. The molecule has 38 heavy (non-hydrogen) atoms. The molecule has 186 valence electrons. The van der Waals surface area contributed by atoms with Crippen molar-refractivity contribution in [2.45, 2.75) is 0 Å². The van der Waals surface area contributed by atoms with E-state index in [2.05, 4.69) is 5.32 Å². The maximum atomic E-state index is 13.1. The summed E-state index contributed by atoms with van der Waals surface area (Å²) in [4.78, 5) is 62.7. The fourth-order valence-corrected chi connectivity index (χ4v) is 4.15. The molecule has 0 bridgehead atoms. The van der Waals surface area contributed by atoms with E-state index in [0.29, 0.717) is 21.8 Å². The zero-order valence-electron chi connectivity index (χ0n) is 19.4. The highest BCUT2D eigenvalue weighted by Gasteiger charge is 2.37. The largest absolute Gasteiger partial charge is 0.322 e. The lowest BCUT2D eigenvalue weighted by molar-refractivity contribution is -0.384. The molecule has 10 heteroatoms. The third kappa shape index (κ3) is 4.54. The highest BCUT2D eigenvalue weighted by molar-refractivity contribution is 6.35. The molecular weight excluding hydrogens is 510 g/mol. The first-order valence-electron chi connectivity index (χ1n) is 11.2. The summed E-state index contributed by atoms with van der Waals surface area (Å²) in [6, 6.07) is 22.0. The van der Waals surface area contributed by atoms with Gasteiger partial charge in [0.2, 0.25) is 0 Å². The summed E-state index contributed by atoms with van der Waals surface area (Å²) < 4.78 is 0. The lowest BCUT2D eigenvalue weighted by Gasteiger charge is -2.14. The molecule has 4 aromatic rings. The predicted octanol–water partition coefficient (Wildman–Crippen LogP) is 5.53. The van der Waals surface area contributed by atoms with Crippen molar-refractivity contribution in [3.63, 3.8) is 0 Å². The van der Waals surface area contributed by atoms with E-state index < -0.39 is 22.6 Å². The predicted molar refractivity (Wildman–Crippen MR) is 140 cm³/mol. The second kappa shape index (κ2) is 9.72. The molecule has 1 N–H and O–H groups in total. The number of ketones is 1. The molecule has 5 rings (SSSR count). The van der Waals surface area contributed by atoms with Gasteiger partial charge < -0.3 is 5.32 Å². The van der Waals surface area contributed by atoms with Gasteiger partial charge in [0.05, 0.1) is 21.7 Å². The van der Waals surface area contributed by atoms with Crippen molar-refractivity contribution in [1.29, 1.82) is 0 Å². The number of imide groups is 1. The Balaban J connectivity index is 1.34. The third-order valence-electron chi connectivity index (χ3n) is 5.98. The molecule has 9 nitrogen and oxygen atoms in total. The highest BCUT2D eigenvalue weighted by Crippen LogP contribution is 2.31. The van der Waals surface area contributed by atoms with Gasteiger partial charge in [-0.2, -0.15) is 0 Å². The molecule has 4 aromatic carbocycles. The Bertz CT molecular complexity index is 1630. The average Bonchev–Trinajstić information content (AvgIpc) is 3.17. The van der Waals surface area contributed by atoms with Crippen molar-refractivity contribution < 1.29 is 24.1 Å². The van der Waals surface area contributed by atoms with E-state index in [-0.39, 0.29) is 33.8 Å². The van der Waals surface area contributed by atoms with E-state index in [1.54, 1.807) is 24.3 Å². The first kappa shape index (κ1) is 24.5. The molecule has 0 saturated carbocycles. The van der Waals surface area contributed by atoms with E-state index in [1.807, 2.05) is 0 Å². The van der Waals surface area contributed by atoms with Gasteiger partial charge in [0.15, 0.2) is 5.78 Å². The van der Waals surface area contributed by atoms with Crippen molar-refractivity contribution in [3.05, 3.63) is 134 Å². The van der Waals surface area contributed by atoms with E-state index in [9.17, 15) is 29.3 Å². The highest BCUT2D eigenvalue weighted by atomic mass is 35.5. The fourth-order valence-electron chi connectivity index (χ4n) is 4.02. The van der Waals surface area contributed by atoms with Crippen molar-refractivity contribution in [1.82, 2.24) is 0 Å². The number of nitrogens with zero attached hydrogens (tertiary/aromatic N) is 2. The van der Waals surface area contributed by atoms with Gasteiger partial charge in [0, 0.05) is 39.5 Å². The standard InChI is InChI=1S/C28H16ClN3O6/c29-19-7-1-16(2-8-19)25(33)17-3-10-21(11-4-17)31-27(35)23-14-9-20(15-24(23)28(31)36)30-26(34)18-5-12-22(13-6-18)32(37)38/h1-15H,(H,30,34). The SMILES string of the molecule is O=C(Nc1ccc2c(c1)C(=O)N(c1ccc(C(=O)c3ccc(Cl)cc3)cc1)C2=O)c1ccc([N+](=O)[O-])cc1. The second-order valence-electron chi connectivity index (χ2n) is 8.35. The number of hydrogen-bond donors (Lipinski definition) is 1. The summed E-state index contributed by atoms with van der Waals surface area (Å²) in [5, 5.41) is 13.9. The first-order chi connectivity index (χ1) is 18.2. The van der Waals surface area contributed by atoms with E-state index in [1.165, 1.54) is 66.7 Å². The summed E-state index contributed by atoms with van der Waals surface area (Å²) in [5.74, 6) is -1.87. The third-order valence-corrected chi connectivity index (χ3v) is 6.23. The van der Waals surface area contributed by atoms with Crippen LogP contribution in [0.5, 0.6) is 0 Å². The van der Waals surface area contributed by atoms with Crippen LogP contribution < -0.4 is 10.2 Å². The number of rotatable bonds is 6. The Morgan fingerprint density at radius 3 is 1.89 bits per heavy atom. The minimum Gasteiger partial charge on any atom is -0.322 e.